The average molecular weight is 200 g/mol. The molecule has 0 bridgehead atoms. The van der Waals surface area contributed by atoms with Gasteiger partial charge in [0, 0.05) is 12.5 Å². The number of benzene rings is 1. The van der Waals surface area contributed by atoms with Crippen LogP contribution >= 0.6 is 0 Å². The van der Waals surface area contributed by atoms with Gasteiger partial charge in [0.25, 0.3) is 0 Å². The lowest BCUT2D eigenvalue weighted by atomic mass is 10.3. The van der Waals surface area contributed by atoms with Gasteiger partial charge in [-0.3, -0.25) is 4.79 Å². The average Bonchev–Trinajstić information content (AvgIpc) is 2.08. The summed E-state index contributed by atoms with van der Waals surface area (Å²) in [7, 11) is 0. The summed E-state index contributed by atoms with van der Waals surface area (Å²) in [4.78, 5) is 10.5. The van der Waals surface area contributed by atoms with Gasteiger partial charge in [-0.25, -0.2) is 8.78 Å². The van der Waals surface area contributed by atoms with Crippen molar-refractivity contribution in [1.82, 2.24) is 0 Å². The van der Waals surface area contributed by atoms with Gasteiger partial charge in [-0.15, -0.1) is 0 Å². The van der Waals surface area contributed by atoms with Gasteiger partial charge >= 0.3 is 0 Å². The molecule has 0 saturated heterocycles. The molecule has 0 aliphatic carbocycles. The zero-order valence-corrected chi connectivity index (χ0v) is 7.72. The maximum Gasteiger partial charge on any atom is 0.167 e. The third-order valence-electron chi connectivity index (χ3n) is 1.61. The zero-order chi connectivity index (χ0) is 10.6. The number of carbonyl (C=O) groups is 1. The standard InChI is InChI=1S/C10H10F2O2/c1-7(13)4-5-14-10-3-2-8(11)6-9(10)12/h2-3,6H,4-5H2,1H3. The van der Waals surface area contributed by atoms with E-state index in [-0.39, 0.29) is 24.6 Å². The molecular formula is C10H10F2O2. The van der Waals surface area contributed by atoms with E-state index < -0.39 is 11.6 Å². The van der Waals surface area contributed by atoms with Gasteiger partial charge in [0.05, 0.1) is 6.61 Å². The summed E-state index contributed by atoms with van der Waals surface area (Å²) in [6.45, 7) is 1.53. The zero-order valence-electron chi connectivity index (χ0n) is 7.72. The second-order valence-electron chi connectivity index (χ2n) is 2.88. The third kappa shape index (κ3) is 3.12. The Bertz CT molecular complexity index is 337. The summed E-state index contributed by atoms with van der Waals surface area (Å²) in [6.07, 6.45) is 0.219. The summed E-state index contributed by atoms with van der Waals surface area (Å²) in [6, 6.07) is 3.04. The van der Waals surface area contributed by atoms with Crippen molar-refractivity contribution in [3.63, 3.8) is 0 Å². The van der Waals surface area contributed by atoms with Crippen LogP contribution in [0.3, 0.4) is 0 Å². The monoisotopic (exact) mass is 200 g/mol. The lowest BCUT2D eigenvalue weighted by Gasteiger charge is -2.05. The number of hydrogen-bond acceptors (Lipinski definition) is 2. The molecule has 4 heteroatoms. The number of rotatable bonds is 4. The molecule has 0 atom stereocenters. The predicted molar refractivity (Wildman–Crippen MR) is 47.2 cm³/mol. The highest BCUT2D eigenvalue weighted by molar-refractivity contribution is 5.75. The lowest BCUT2D eigenvalue weighted by molar-refractivity contribution is -0.117. The van der Waals surface area contributed by atoms with E-state index in [0.717, 1.165) is 12.1 Å². The molecule has 1 aromatic rings. The molecule has 0 aliphatic heterocycles. The van der Waals surface area contributed by atoms with Crippen LogP contribution < -0.4 is 4.74 Å². The molecule has 0 radical (unpaired) electrons. The van der Waals surface area contributed by atoms with Gasteiger partial charge in [-0.2, -0.15) is 0 Å². The van der Waals surface area contributed by atoms with Crippen LogP contribution in [0.5, 0.6) is 5.75 Å². The quantitative estimate of drug-likeness (QED) is 0.745. The first kappa shape index (κ1) is 10.6. The Labute approximate surface area is 80.5 Å². The molecule has 0 aromatic heterocycles. The highest BCUT2D eigenvalue weighted by atomic mass is 19.1. The van der Waals surface area contributed by atoms with Crippen LogP contribution in [0.15, 0.2) is 18.2 Å². The first-order valence-corrected chi connectivity index (χ1v) is 4.17. The summed E-state index contributed by atoms with van der Waals surface area (Å²) >= 11 is 0. The highest BCUT2D eigenvalue weighted by Crippen LogP contribution is 2.17. The molecule has 0 spiro atoms. The number of ketones is 1. The van der Waals surface area contributed by atoms with Crippen LogP contribution in [-0.4, -0.2) is 12.4 Å². The molecule has 0 heterocycles. The second-order valence-corrected chi connectivity index (χ2v) is 2.88. The Kier molecular flexibility index (Phi) is 3.56. The van der Waals surface area contributed by atoms with Crippen LogP contribution in [-0.2, 0) is 4.79 Å². The van der Waals surface area contributed by atoms with Crippen molar-refractivity contribution in [1.29, 1.82) is 0 Å². The minimum atomic E-state index is -0.756. The molecule has 2 nitrogen and oxygen atoms in total. The molecule has 0 aliphatic rings. The molecule has 76 valence electrons. The van der Waals surface area contributed by atoms with Gasteiger partial charge < -0.3 is 4.74 Å². The first-order valence-electron chi connectivity index (χ1n) is 4.17. The van der Waals surface area contributed by atoms with Crippen LogP contribution in [0, 0.1) is 11.6 Å². The lowest BCUT2D eigenvalue weighted by Crippen LogP contribution is -2.03. The van der Waals surface area contributed by atoms with E-state index in [1.165, 1.54) is 13.0 Å². The van der Waals surface area contributed by atoms with E-state index in [0.29, 0.717) is 0 Å². The minimum Gasteiger partial charge on any atom is -0.490 e. The van der Waals surface area contributed by atoms with Gasteiger partial charge in [0.15, 0.2) is 11.6 Å². The van der Waals surface area contributed by atoms with Crippen molar-refractivity contribution < 1.29 is 18.3 Å². The van der Waals surface area contributed by atoms with Gasteiger partial charge in [-0.05, 0) is 19.1 Å². The molecule has 0 N–H and O–H groups in total. The van der Waals surface area contributed by atoms with Crippen molar-refractivity contribution in [2.75, 3.05) is 6.61 Å². The molecule has 1 rings (SSSR count). The third-order valence-corrected chi connectivity index (χ3v) is 1.61. The van der Waals surface area contributed by atoms with Crippen molar-refractivity contribution in [3.8, 4) is 5.75 Å². The van der Waals surface area contributed by atoms with Crippen LogP contribution in [0.4, 0.5) is 8.78 Å². The van der Waals surface area contributed by atoms with Gasteiger partial charge in [0.2, 0.25) is 0 Å². The van der Waals surface area contributed by atoms with E-state index in [4.69, 9.17) is 4.74 Å². The SMILES string of the molecule is CC(=O)CCOc1ccc(F)cc1F. The Morgan fingerprint density at radius 3 is 2.71 bits per heavy atom. The smallest absolute Gasteiger partial charge is 0.167 e. The fourth-order valence-corrected chi connectivity index (χ4v) is 0.897. The maximum absolute atomic E-state index is 12.9. The molecule has 0 unspecified atom stereocenters. The fraction of sp³-hybridized carbons (Fsp3) is 0.300. The molecule has 0 fully saturated rings. The number of ether oxygens (including phenoxy) is 1. The van der Waals surface area contributed by atoms with Crippen LogP contribution in [0.25, 0.3) is 0 Å². The Morgan fingerprint density at radius 2 is 2.14 bits per heavy atom. The molecular weight excluding hydrogens is 190 g/mol. The molecule has 0 saturated carbocycles. The predicted octanol–water partition coefficient (Wildman–Crippen LogP) is 2.32. The van der Waals surface area contributed by atoms with E-state index in [1.807, 2.05) is 0 Å². The van der Waals surface area contributed by atoms with Gasteiger partial charge in [-0.1, -0.05) is 0 Å². The minimum absolute atomic E-state index is 0.0346. The summed E-state index contributed by atoms with van der Waals surface area (Å²) in [5.74, 6) is -1.48. The van der Waals surface area contributed by atoms with E-state index >= 15 is 0 Å². The maximum atomic E-state index is 12.9. The topological polar surface area (TPSA) is 26.3 Å². The number of Topliss-reactive ketones (excluding diaryl/α,β-unsaturated/α-hetero) is 1. The summed E-state index contributed by atoms with van der Waals surface area (Å²) in [5, 5.41) is 0. The van der Waals surface area contributed by atoms with Crippen LogP contribution in [0.2, 0.25) is 0 Å². The first-order chi connectivity index (χ1) is 6.59. The summed E-state index contributed by atoms with van der Waals surface area (Å²) < 4.78 is 30.3. The number of halogens is 2. The van der Waals surface area contributed by atoms with E-state index in [2.05, 4.69) is 0 Å². The van der Waals surface area contributed by atoms with Crippen LogP contribution in [0.1, 0.15) is 13.3 Å². The molecule has 14 heavy (non-hydrogen) atoms. The fourth-order valence-electron chi connectivity index (χ4n) is 0.897. The normalized spacial score (nSPS) is 9.93. The molecule has 0 amide bonds. The van der Waals surface area contributed by atoms with E-state index in [9.17, 15) is 13.6 Å². The van der Waals surface area contributed by atoms with Crippen molar-refractivity contribution >= 4 is 5.78 Å². The Morgan fingerprint density at radius 1 is 1.43 bits per heavy atom. The largest absolute Gasteiger partial charge is 0.490 e. The number of carbonyl (C=O) groups excluding carboxylic acids is 1. The summed E-state index contributed by atoms with van der Waals surface area (Å²) in [5.41, 5.74) is 0. The van der Waals surface area contributed by atoms with Crippen molar-refractivity contribution in [2.24, 2.45) is 0 Å². The molecule has 1 aromatic carbocycles. The second kappa shape index (κ2) is 4.69. The van der Waals surface area contributed by atoms with Crippen molar-refractivity contribution in [2.45, 2.75) is 13.3 Å². The Balaban J connectivity index is 2.55. The van der Waals surface area contributed by atoms with E-state index in [1.54, 1.807) is 0 Å². The highest BCUT2D eigenvalue weighted by Gasteiger charge is 2.04. The van der Waals surface area contributed by atoms with Crippen molar-refractivity contribution in [3.05, 3.63) is 29.8 Å². The van der Waals surface area contributed by atoms with Gasteiger partial charge in [0.1, 0.15) is 11.6 Å². The number of hydrogen-bond donors (Lipinski definition) is 0. The Hall–Kier alpha value is -1.45.